The molecule has 1 spiro atoms. The fourth-order valence-corrected chi connectivity index (χ4v) is 15.9. The number of aliphatic hydroxyl groups excluding tert-OH is 6. The molecule has 0 unspecified atom stereocenters. The van der Waals surface area contributed by atoms with E-state index in [1.54, 1.807) is 6.08 Å². The van der Waals surface area contributed by atoms with Crippen molar-refractivity contribution in [2.45, 2.75) is 290 Å². The predicted octanol–water partition coefficient (Wildman–Crippen LogP) is 2.24. The van der Waals surface area contributed by atoms with Crippen LogP contribution in [-0.2, 0) is 61.6 Å². The molecule has 85 heavy (non-hydrogen) atoms. The summed E-state index contributed by atoms with van der Waals surface area (Å²) in [5.74, 6) is -1.19. The number of halogens is 2. The van der Waals surface area contributed by atoms with Crippen molar-refractivity contribution in [2.75, 3.05) is 13.2 Å². The summed E-state index contributed by atoms with van der Waals surface area (Å²) in [7, 11) is 0. The van der Waals surface area contributed by atoms with Gasteiger partial charge in [-0.25, -0.2) is 0 Å². The first-order valence-corrected chi connectivity index (χ1v) is 30.0. The molecule has 0 bridgehead atoms. The van der Waals surface area contributed by atoms with Crippen LogP contribution in [0.4, 0.5) is 4.70 Å². The van der Waals surface area contributed by atoms with Crippen molar-refractivity contribution in [1.29, 1.82) is 0 Å². The smallest absolute Gasteiger partial charge is 1.00 e. The molecule has 13 aliphatic heterocycles. The fourth-order valence-electron chi connectivity index (χ4n) is 15.9. The summed E-state index contributed by atoms with van der Waals surface area (Å²) < 4.78 is 89.0. The van der Waals surface area contributed by atoms with Gasteiger partial charge in [0.25, 0.3) is 0 Å². The van der Waals surface area contributed by atoms with Gasteiger partial charge in [0, 0.05) is 55.2 Å². The summed E-state index contributed by atoms with van der Waals surface area (Å²) in [4.78, 5) is 0. The SMILES string of the molecule is C.C.C[C@@H]1C[C@@H]2O[C@@H]3[C@@H](C)[C@H](O)[C@@H]4O[C@]5(C[C@H](O)CO5)[C@@H](C)[C@H](C)[C@H]4O[C@H]3C[C@H]2O[C@H]2C[C@H]3O[C@H]4C/C=C\C[C@H]5O[C@H]6C=C[C@H]7O[C@H]8[C@H](O)[C@H]9O[C@@H](/C=C/[C@H](O)CO)C=CC[C@@H]9O[C@@H]8C[C@@H]7O[C@@H]6C=C[C@@H]5O[C@@H]4C[C@@H](O)[C@]3(C)O[C@@H]2C1.F.I.[2HH].[B].[H-].[HH].[K+]. The number of hydrogen-bond donors (Lipinski definition) is 6. The third kappa shape index (κ3) is 14.1. The maximum atomic E-state index is 12.4. The van der Waals surface area contributed by atoms with Gasteiger partial charge in [-0.2, -0.15) is 0 Å². The van der Waals surface area contributed by atoms with Crippen molar-refractivity contribution >= 4 is 32.4 Å². The quantitative estimate of drug-likeness (QED) is 0.135. The van der Waals surface area contributed by atoms with Gasteiger partial charge in [0.1, 0.15) is 54.4 Å². The van der Waals surface area contributed by atoms with Gasteiger partial charge in [0.2, 0.25) is 0 Å². The Morgan fingerprint density at radius 3 is 1.87 bits per heavy atom. The second-order valence-electron chi connectivity index (χ2n) is 25.9. The molecule has 0 saturated carbocycles. The zero-order valence-electron chi connectivity index (χ0n) is 49.5. The zero-order valence-corrected chi connectivity index (χ0v) is 54.0. The van der Waals surface area contributed by atoms with E-state index in [1.165, 1.54) is 6.08 Å². The molecule has 13 aliphatic rings. The minimum atomic E-state index is -1.04. The Morgan fingerprint density at radius 1 is 0.576 bits per heavy atom. The monoisotopic (exact) mass is 1350 g/mol. The van der Waals surface area contributed by atoms with E-state index in [0.29, 0.717) is 57.8 Å². The molecule has 9 fully saturated rings. The molecule has 0 aromatic carbocycles. The molecule has 0 aromatic rings. The van der Waals surface area contributed by atoms with Crippen LogP contribution in [0.2, 0.25) is 0 Å². The van der Waals surface area contributed by atoms with E-state index in [1.807, 2.05) is 50.3 Å². The number of rotatable bonds is 3. The van der Waals surface area contributed by atoms with Gasteiger partial charge >= 0.3 is 51.4 Å². The van der Waals surface area contributed by atoms with Crippen molar-refractivity contribution < 1.29 is 153 Å². The van der Waals surface area contributed by atoms with Crippen LogP contribution in [-0.4, -0.2) is 228 Å². The van der Waals surface area contributed by atoms with Crippen molar-refractivity contribution in [3.63, 3.8) is 0 Å². The fraction of sp³-hybridized carbons (Fsp3) is 0.839. The number of hydrogen-bond acceptors (Lipinski definition) is 19. The van der Waals surface area contributed by atoms with E-state index in [0.717, 1.165) is 6.42 Å². The minimum absolute atomic E-state index is 0. The average Bonchev–Trinajstić information content (AvgIpc) is 1.48. The van der Waals surface area contributed by atoms with Gasteiger partial charge in [-0.05, 0) is 50.9 Å². The Bertz CT molecular complexity index is 2350. The Kier molecular flexibility index (Phi) is 25.4. The van der Waals surface area contributed by atoms with Crippen LogP contribution >= 0.6 is 24.0 Å². The second kappa shape index (κ2) is 29.7. The summed E-state index contributed by atoms with van der Waals surface area (Å²) in [6, 6.07) is 0. The number of fused-ring (bicyclic) bond motifs is 11. The summed E-state index contributed by atoms with van der Waals surface area (Å²) in [5.41, 5.74) is -1.04. The summed E-state index contributed by atoms with van der Waals surface area (Å²) in [6.07, 6.45) is 10.5. The van der Waals surface area contributed by atoms with Gasteiger partial charge < -0.3 is 93.6 Å². The maximum absolute atomic E-state index is 12.4. The molecular weight excluding hydrogens is 1240 g/mol. The first-order valence-electron chi connectivity index (χ1n) is 30.0. The van der Waals surface area contributed by atoms with Crippen LogP contribution in [0.15, 0.2) is 60.8 Å². The molecule has 19 nitrogen and oxygen atoms in total. The molecule has 0 aromatic heterocycles. The van der Waals surface area contributed by atoms with Crippen LogP contribution in [0.25, 0.3) is 0 Å². The van der Waals surface area contributed by atoms with Crippen LogP contribution in [0.1, 0.15) is 118 Å². The Labute approximate surface area is 567 Å². The standard InChI is InChI=1S/C60H86O19.2CH4.B.FH.HI.K.2H2.H/c1-28-19-42-44(22-48-54(76-42)30(3)52(65)58-55(77-48)29(2)31(4)60(79-58)25-33(63)27-67-60)73-46-24-51-59(5,78-47(46)20-28)50(64)23-45-36(74-51)11-7-6-10-35-37(71-45)15-16-39-38(69-35)17-18-40-43(70-39)21-49-57(75-40)53(66)56-41(72-49)12-8-9-34(68-56)14-13-32(62)26-61;;;;;;;;;/h6-9,13-18,28-58,61-66H,10-12,19-27H2,1-5H3;2*1H4;;2*1H;;2*1H;/q;;;;;;+1;;;-1/b7-6-,14-13+;;;;;;;;;/t28-,29+,30+,31+,32+,33+,34-,35-,36+,37+,38+,39-,40-,41+,42+,43+,44-,45-,46+,47-,48+,49-,50-,51-,52+,53-,54-,55-,56+,57-,58+,59+,60-;;;;;;;;;/m1........./s1/i;;;;;;;1+1;;. The average molecular weight is 1350 g/mol. The van der Waals surface area contributed by atoms with E-state index in [4.69, 9.17) is 61.6 Å². The predicted molar refractivity (Wildman–Crippen MR) is 322 cm³/mol. The van der Waals surface area contributed by atoms with Crippen molar-refractivity contribution in [2.24, 2.45) is 23.7 Å². The summed E-state index contributed by atoms with van der Waals surface area (Å²) in [5, 5.41) is 65.9. The second-order valence-corrected chi connectivity index (χ2v) is 25.9. The molecule has 3 radical (unpaired) electrons. The molecule has 9 saturated heterocycles. The van der Waals surface area contributed by atoms with Gasteiger partial charge in [-0.15, -0.1) is 24.0 Å². The van der Waals surface area contributed by atoms with Crippen molar-refractivity contribution in [1.82, 2.24) is 0 Å². The van der Waals surface area contributed by atoms with Crippen LogP contribution in [0.3, 0.4) is 0 Å². The molecule has 13 heterocycles. The van der Waals surface area contributed by atoms with E-state index in [-0.39, 0.29) is 187 Å². The van der Waals surface area contributed by atoms with E-state index in [2.05, 4.69) is 32.9 Å². The largest absolute Gasteiger partial charge is 1.00 e. The molecular formula is C62H101BFIKO19. The van der Waals surface area contributed by atoms with Crippen molar-refractivity contribution in [3.05, 3.63) is 60.8 Å². The first kappa shape index (κ1) is 72.7. The first-order chi connectivity index (χ1) is 38.0. The van der Waals surface area contributed by atoms with Gasteiger partial charge in [0.05, 0.1) is 129 Å². The number of ether oxygens (including phenoxy) is 13. The molecule has 6 N–H and O–H groups in total. The summed E-state index contributed by atoms with van der Waals surface area (Å²) >= 11 is 0. The van der Waals surface area contributed by atoms with Gasteiger partial charge in [-0.1, -0.05) is 103 Å². The molecule has 0 amide bonds. The topological polar surface area (TPSA) is 241 Å². The van der Waals surface area contributed by atoms with Crippen LogP contribution in [0, 0.1) is 23.7 Å². The molecule has 23 heteroatoms. The van der Waals surface area contributed by atoms with E-state index in [9.17, 15) is 30.6 Å². The van der Waals surface area contributed by atoms with Crippen LogP contribution in [0.5, 0.6) is 0 Å². The van der Waals surface area contributed by atoms with Gasteiger partial charge in [0.15, 0.2) is 5.79 Å². The normalized spacial score (nSPS) is 52.8. The Morgan fingerprint density at radius 2 is 1.15 bits per heavy atom. The van der Waals surface area contributed by atoms with Crippen molar-refractivity contribution in [3.8, 4) is 0 Å². The Balaban J connectivity index is 0.00000184. The van der Waals surface area contributed by atoms with E-state index < -0.39 is 134 Å². The maximum Gasteiger partial charge on any atom is 1.00 e. The molecule has 33 atom stereocenters. The molecule has 481 valence electrons. The Hall–Kier alpha value is 0.301. The number of aliphatic hydroxyl groups is 6. The molecule has 0 aliphatic carbocycles. The zero-order chi connectivity index (χ0) is 54.6. The van der Waals surface area contributed by atoms with E-state index >= 15 is 0 Å². The molecule has 13 rings (SSSR count). The third-order valence-electron chi connectivity index (χ3n) is 20.6. The minimum Gasteiger partial charge on any atom is -1.00 e. The third-order valence-corrected chi connectivity index (χ3v) is 20.6. The van der Waals surface area contributed by atoms with Gasteiger partial charge in [-0.3, -0.25) is 4.70 Å². The van der Waals surface area contributed by atoms with Crippen LogP contribution < -0.4 is 51.4 Å². The summed E-state index contributed by atoms with van der Waals surface area (Å²) in [6.45, 7) is 10.3.